The maximum Gasteiger partial charge on any atom is 0.348 e. The average Bonchev–Trinajstić information content (AvgIpc) is 3.36. The van der Waals surface area contributed by atoms with E-state index < -0.39 is 0 Å². The number of imidazole rings is 1. The van der Waals surface area contributed by atoms with Gasteiger partial charge in [0.05, 0.1) is 13.4 Å². The number of benzene rings is 1. The van der Waals surface area contributed by atoms with Crippen molar-refractivity contribution in [2.45, 2.75) is 25.5 Å². The molecule has 1 unspecified atom stereocenters. The first-order valence-electron chi connectivity index (χ1n) is 9.28. The lowest BCUT2D eigenvalue weighted by Gasteiger charge is -2.23. The third kappa shape index (κ3) is 3.27. The Morgan fingerprint density at radius 1 is 1.31 bits per heavy atom. The minimum absolute atomic E-state index is 0.0880. The maximum atomic E-state index is 11.8. The number of nitrogens with zero attached hydrogens (tertiary/aromatic N) is 4. The SMILES string of the molecule is COC(=O)c1cc2ccc(-c3nc(Cl)nc4c3ncn4C3CCCCO3)cc2s1. The molecule has 148 valence electrons. The van der Waals surface area contributed by atoms with Crippen molar-refractivity contribution in [2.75, 3.05) is 13.7 Å². The van der Waals surface area contributed by atoms with Crippen LogP contribution in [0.1, 0.15) is 35.2 Å². The molecule has 0 radical (unpaired) electrons. The number of esters is 1. The molecule has 0 N–H and O–H groups in total. The summed E-state index contributed by atoms with van der Waals surface area (Å²) in [5.41, 5.74) is 2.85. The molecule has 29 heavy (non-hydrogen) atoms. The highest BCUT2D eigenvalue weighted by Gasteiger charge is 2.22. The lowest BCUT2D eigenvalue weighted by atomic mass is 10.1. The van der Waals surface area contributed by atoms with Crippen LogP contribution in [0.15, 0.2) is 30.6 Å². The minimum Gasteiger partial charge on any atom is -0.465 e. The molecule has 7 nitrogen and oxygen atoms in total. The van der Waals surface area contributed by atoms with E-state index in [0.717, 1.165) is 41.5 Å². The number of carbonyl (C=O) groups excluding carboxylic acids is 1. The van der Waals surface area contributed by atoms with Gasteiger partial charge >= 0.3 is 5.97 Å². The Bertz CT molecular complexity index is 1230. The second-order valence-electron chi connectivity index (χ2n) is 6.84. The van der Waals surface area contributed by atoms with E-state index in [1.807, 2.05) is 28.8 Å². The molecule has 5 rings (SSSR count). The fourth-order valence-corrected chi connectivity index (χ4v) is 4.81. The summed E-state index contributed by atoms with van der Waals surface area (Å²) in [6.45, 7) is 0.730. The first-order chi connectivity index (χ1) is 14.1. The van der Waals surface area contributed by atoms with E-state index in [4.69, 9.17) is 21.1 Å². The molecule has 1 aromatic carbocycles. The number of hydrogen-bond donors (Lipinski definition) is 0. The van der Waals surface area contributed by atoms with Gasteiger partial charge in [0.1, 0.15) is 22.3 Å². The van der Waals surface area contributed by atoms with Gasteiger partial charge in [-0.05, 0) is 48.4 Å². The van der Waals surface area contributed by atoms with Crippen LogP contribution in [0.2, 0.25) is 5.28 Å². The predicted molar refractivity (Wildman–Crippen MR) is 111 cm³/mol. The molecule has 1 fully saturated rings. The van der Waals surface area contributed by atoms with Crippen LogP contribution < -0.4 is 0 Å². The van der Waals surface area contributed by atoms with Gasteiger partial charge in [0, 0.05) is 16.9 Å². The summed E-state index contributed by atoms with van der Waals surface area (Å²) in [6.07, 6.45) is 4.75. The molecule has 9 heteroatoms. The molecule has 4 aromatic rings. The van der Waals surface area contributed by atoms with Crippen molar-refractivity contribution in [1.29, 1.82) is 0 Å². The lowest BCUT2D eigenvalue weighted by molar-refractivity contribution is -0.0298. The first-order valence-corrected chi connectivity index (χ1v) is 10.5. The molecule has 3 aromatic heterocycles. The van der Waals surface area contributed by atoms with Crippen molar-refractivity contribution in [3.63, 3.8) is 0 Å². The number of halogens is 1. The van der Waals surface area contributed by atoms with Crippen LogP contribution in [-0.2, 0) is 9.47 Å². The molecule has 4 heterocycles. The number of aromatic nitrogens is 4. The average molecular weight is 429 g/mol. The van der Waals surface area contributed by atoms with Crippen LogP contribution >= 0.6 is 22.9 Å². The highest BCUT2D eigenvalue weighted by atomic mass is 35.5. The van der Waals surface area contributed by atoms with Crippen molar-refractivity contribution >= 4 is 50.2 Å². The topological polar surface area (TPSA) is 79.1 Å². The number of rotatable bonds is 3. The van der Waals surface area contributed by atoms with Gasteiger partial charge in [-0.15, -0.1) is 11.3 Å². The highest BCUT2D eigenvalue weighted by Crippen LogP contribution is 2.34. The molecule has 1 aliphatic heterocycles. The highest BCUT2D eigenvalue weighted by molar-refractivity contribution is 7.20. The second kappa shape index (κ2) is 7.37. The zero-order valence-electron chi connectivity index (χ0n) is 15.6. The van der Waals surface area contributed by atoms with Crippen molar-refractivity contribution in [3.05, 3.63) is 40.8 Å². The number of carbonyl (C=O) groups is 1. The third-order valence-corrected chi connectivity index (χ3v) is 6.29. The van der Waals surface area contributed by atoms with Crippen LogP contribution in [0.5, 0.6) is 0 Å². The molecule has 1 saturated heterocycles. The van der Waals surface area contributed by atoms with Crippen molar-refractivity contribution < 1.29 is 14.3 Å². The van der Waals surface area contributed by atoms with E-state index in [0.29, 0.717) is 21.7 Å². The summed E-state index contributed by atoms with van der Waals surface area (Å²) in [7, 11) is 1.38. The molecule has 0 spiro atoms. The fourth-order valence-electron chi connectivity index (χ4n) is 3.62. The van der Waals surface area contributed by atoms with Crippen molar-refractivity contribution in [2.24, 2.45) is 0 Å². The van der Waals surface area contributed by atoms with Gasteiger partial charge in [-0.25, -0.2) is 14.8 Å². The third-order valence-electron chi connectivity index (χ3n) is 5.04. The van der Waals surface area contributed by atoms with Gasteiger partial charge in [0.2, 0.25) is 5.28 Å². The number of thiophene rings is 1. The summed E-state index contributed by atoms with van der Waals surface area (Å²) in [5, 5.41) is 1.13. The van der Waals surface area contributed by atoms with E-state index in [2.05, 4.69) is 15.0 Å². The molecule has 1 atom stereocenters. The zero-order valence-corrected chi connectivity index (χ0v) is 17.2. The summed E-state index contributed by atoms with van der Waals surface area (Å²) in [6, 6.07) is 7.72. The monoisotopic (exact) mass is 428 g/mol. The Hall–Kier alpha value is -2.55. The van der Waals surface area contributed by atoms with Gasteiger partial charge < -0.3 is 9.47 Å². The van der Waals surface area contributed by atoms with Gasteiger partial charge in [0.25, 0.3) is 0 Å². The normalized spacial score (nSPS) is 17.1. The van der Waals surface area contributed by atoms with Gasteiger partial charge in [-0.2, -0.15) is 4.98 Å². The van der Waals surface area contributed by atoms with Crippen LogP contribution in [0, 0.1) is 0 Å². The van der Waals surface area contributed by atoms with Crippen LogP contribution in [-0.4, -0.2) is 39.2 Å². The number of methoxy groups -OCH3 is 1. The van der Waals surface area contributed by atoms with Crippen molar-refractivity contribution in [3.8, 4) is 11.3 Å². The lowest BCUT2D eigenvalue weighted by Crippen LogP contribution is -2.17. The summed E-state index contributed by atoms with van der Waals surface area (Å²) >= 11 is 7.64. The van der Waals surface area contributed by atoms with Gasteiger partial charge in [-0.1, -0.05) is 12.1 Å². The Kier molecular flexibility index (Phi) is 4.69. The number of fused-ring (bicyclic) bond motifs is 2. The van der Waals surface area contributed by atoms with E-state index >= 15 is 0 Å². The molecule has 0 saturated carbocycles. The minimum atomic E-state index is -0.341. The Labute approximate surface area is 175 Å². The standard InChI is InChI=1S/C20H17ClN4O3S/c1-27-19(26)14-8-11-5-6-12(9-13(11)29-14)16-17-18(24-20(21)23-16)25(10-22-17)15-4-2-3-7-28-15/h5-6,8-10,15H,2-4,7H2,1H3. The Morgan fingerprint density at radius 2 is 2.21 bits per heavy atom. The molecule has 0 amide bonds. The molecular formula is C20H17ClN4O3S. The van der Waals surface area contributed by atoms with E-state index in [1.165, 1.54) is 18.4 Å². The van der Waals surface area contributed by atoms with Gasteiger partial charge in [-0.3, -0.25) is 4.57 Å². The second-order valence-corrected chi connectivity index (χ2v) is 8.26. The van der Waals surface area contributed by atoms with E-state index in [-0.39, 0.29) is 17.5 Å². The van der Waals surface area contributed by atoms with Crippen LogP contribution in [0.25, 0.3) is 32.5 Å². The van der Waals surface area contributed by atoms with Gasteiger partial charge in [0.15, 0.2) is 5.65 Å². The van der Waals surface area contributed by atoms with Crippen molar-refractivity contribution in [1.82, 2.24) is 19.5 Å². The molecule has 0 bridgehead atoms. The van der Waals surface area contributed by atoms with E-state index in [9.17, 15) is 4.79 Å². The number of hydrogen-bond acceptors (Lipinski definition) is 7. The van der Waals surface area contributed by atoms with Crippen LogP contribution in [0.4, 0.5) is 0 Å². The smallest absolute Gasteiger partial charge is 0.348 e. The largest absolute Gasteiger partial charge is 0.465 e. The van der Waals surface area contributed by atoms with Crippen LogP contribution in [0.3, 0.4) is 0 Å². The quantitative estimate of drug-likeness (QED) is 0.343. The summed E-state index contributed by atoms with van der Waals surface area (Å²) in [5.74, 6) is -0.341. The molecule has 1 aliphatic rings. The fraction of sp³-hybridized carbons (Fsp3) is 0.300. The maximum absolute atomic E-state index is 11.8. The Balaban J connectivity index is 1.62. The molecule has 0 aliphatic carbocycles. The predicted octanol–water partition coefficient (Wildman–Crippen LogP) is 4.85. The molecular weight excluding hydrogens is 412 g/mol. The zero-order chi connectivity index (χ0) is 20.0. The summed E-state index contributed by atoms with van der Waals surface area (Å²) in [4.78, 5) is 25.8. The van der Waals surface area contributed by atoms with E-state index in [1.54, 1.807) is 6.33 Å². The number of ether oxygens (including phenoxy) is 2. The first kappa shape index (κ1) is 18.5. The Morgan fingerprint density at radius 3 is 3.00 bits per heavy atom. The summed E-state index contributed by atoms with van der Waals surface area (Å²) < 4.78 is 13.6.